The second-order valence-corrected chi connectivity index (χ2v) is 28.9. The van der Waals surface area contributed by atoms with Crippen molar-refractivity contribution in [3.63, 3.8) is 0 Å². The molecule has 120 heavy (non-hydrogen) atoms. The zero-order valence-corrected chi connectivity index (χ0v) is 68.3. The van der Waals surface area contributed by atoms with Crippen molar-refractivity contribution in [1.29, 1.82) is 0 Å². The number of ether oxygens (including phenoxy) is 12. The van der Waals surface area contributed by atoms with Gasteiger partial charge in [-0.2, -0.15) is 0 Å². The lowest BCUT2D eigenvalue weighted by Gasteiger charge is -2.47. The van der Waals surface area contributed by atoms with Gasteiger partial charge in [0.25, 0.3) is 0 Å². The van der Waals surface area contributed by atoms with E-state index >= 15 is 0 Å². The molecule has 16 atom stereocenters. The maximum atomic E-state index is 13.8. The van der Waals surface area contributed by atoms with Gasteiger partial charge in [-0.25, -0.2) is 0 Å². The average Bonchev–Trinajstić information content (AvgIpc) is 0.636. The second-order valence-electron chi connectivity index (χ2n) is 28.9. The van der Waals surface area contributed by atoms with Crippen molar-refractivity contribution in [3.8, 4) is 46.0 Å². The molecule has 4 fully saturated rings. The largest absolute Gasteiger partial charge is 0.493 e. The Morgan fingerprint density at radius 1 is 0.400 bits per heavy atom. The lowest BCUT2D eigenvalue weighted by Crippen LogP contribution is -2.51. The zero-order valence-electron chi connectivity index (χ0n) is 141. The third-order valence-corrected chi connectivity index (χ3v) is 18.4. The number of esters is 4. The Morgan fingerprint density at radius 2 is 0.708 bits per heavy atom. The Labute approximate surface area is 821 Å². The number of hydrogen-bond acceptors (Lipinski definition) is 24. The smallest absolute Gasteiger partial charge is 0.323 e. The van der Waals surface area contributed by atoms with E-state index in [-0.39, 0.29) is 56.6 Å². The minimum absolute atomic E-state index is 0.0837. The van der Waals surface area contributed by atoms with Gasteiger partial charge in [0.05, 0.1) is 80.0 Å². The molecule has 12 unspecified atom stereocenters. The summed E-state index contributed by atoms with van der Waals surface area (Å²) in [5, 5.41) is 0. The fourth-order valence-corrected chi connectivity index (χ4v) is 12.8. The molecule has 0 aliphatic carbocycles. The van der Waals surface area contributed by atoms with Crippen LogP contribution in [0.5, 0.6) is 46.0 Å². The number of fused-ring (bicyclic) bond motifs is 12. The van der Waals surface area contributed by atoms with Gasteiger partial charge in [0, 0.05) is 202 Å². The number of hydrogen-bond donors (Lipinski definition) is 4. The first-order chi connectivity index (χ1) is 85.1. The summed E-state index contributed by atoms with van der Waals surface area (Å²) in [6, 6.07) is -24.7. The summed E-state index contributed by atoms with van der Waals surface area (Å²) in [4.78, 5) is 56.3. The van der Waals surface area contributed by atoms with Gasteiger partial charge in [0.2, 0.25) is 0 Å². The van der Waals surface area contributed by atoms with E-state index in [1.54, 1.807) is 0 Å². The van der Waals surface area contributed by atoms with Gasteiger partial charge in [-0.1, -0.05) is 110 Å². The third kappa shape index (κ3) is 23.8. The molecule has 4 aromatic rings. The average molecular weight is 1750 g/mol. The molecule has 24 nitrogen and oxygen atoms in total. The molecule has 8 aliphatic heterocycles. The highest BCUT2D eigenvalue weighted by molar-refractivity contribution is 5.77. The van der Waals surface area contributed by atoms with Crippen LogP contribution in [0.2, 0.25) is 0 Å². The van der Waals surface area contributed by atoms with Gasteiger partial charge in [-0.15, -0.1) is 0 Å². The Balaban J connectivity index is 0.000000279. The molecule has 12 rings (SSSR count). The van der Waals surface area contributed by atoms with E-state index in [0.717, 1.165) is 51.7 Å². The summed E-state index contributed by atoms with van der Waals surface area (Å²) < 4.78 is 678. The molecular weight excluding hydrogens is 1520 g/mol. The highest BCUT2D eigenvalue weighted by atomic mass is 16.6. The quantitative estimate of drug-likeness (QED) is 0.0303. The highest BCUT2D eigenvalue weighted by Crippen LogP contribution is 2.50. The van der Waals surface area contributed by atoms with Crippen LogP contribution in [0.1, 0.15) is 330 Å². The fourth-order valence-electron chi connectivity index (χ4n) is 12.8. The molecule has 24 heteroatoms. The summed E-state index contributed by atoms with van der Waals surface area (Å²) in [7, 11) is 0.536. The summed E-state index contributed by atoms with van der Waals surface area (Å²) in [6.07, 6.45) is -37.6. The molecule has 672 valence electrons. The minimum atomic E-state index is -4.17. The molecule has 8 aliphatic rings. The summed E-state index contributed by atoms with van der Waals surface area (Å²) in [5.41, 5.74) is 18.9. The van der Waals surface area contributed by atoms with Crippen LogP contribution in [-0.4, -0.2) is 201 Å². The van der Waals surface area contributed by atoms with Gasteiger partial charge in [-0.3, -0.25) is 38.8 Å². The first-order valence-corrected chi connectivity index (χ1v) is 37.2. The van der Waals surface area contributed by atoms with Crippen LogP contribution in [0.15, 0.2) is 48.5 Å². The van der Waals surface area contributed by atoms with Crippen LogP contribution in [0, 0.1) is 70.8 Å². The molecule has 8 heterocycles. The topological polar surface area (TPSA) is 296 Å². The van der Waals surface area contributed by atoms with Crippen LogP contribution in [0.25, 0.3) is 0 Å². The van der Waals surface area contributed by atoms with E-state index < -0.39 is 427 Å². The Kier molecular flexibility index (Phi) is 13.8. The Morgan fingerprint density at radius 3 is 1.07 bits per heavy atom. The molecule has 4 saturated heterocycles. The number of carbonyl (C=O) groups excluding carboxylic acids is 4. The normalized spacial score (nSPS) is 46.2. The van der Waals surface area contributed by atoms with Crippen molar-refractivity contribution in [1.82, 2.24) is 19.6 Å². The van der Waals surface area contributed by atoms with E-state index in [1.807, 2.05) is 0 Å². The van der Waals surface area contributed by atoms with Crippen molar-refractivity contribution in [2.24, 2.45) is 93.8 Å². The van der Waals surface area contributed by atoms with Gasteiger partial charge in [-0.05, 0) is 191 Å². The van der Waals surface area contributed by atoms with Crippen molar-refractivity contribution in [2.45, 2.75) is 260 Å². The summed E-state index contributed by atoms with van der Waals surface area (Å²) in [6.45, 7) is -41.6. The Bertz CT molecular complexity index is 7450. The van der Waals surface area contributed by atoms with Crippen molar-refractivity contribution in [2.75, 3.05) is 109 Å². The summed E-state index contributed by atoms with van der Waals surface area (Å²) >= 11 is 0. The minimum Gasteiger partial charge on any atom is -0.493 e. The molecule has 0 saturated carbocycles. The van der Waals surface area contributed by atoms with Gasteiger partial charge in [0.1, 0.15) is 48.4 Å². The van der Waals surface area contributed by atoms with Gasteiger partial charge >= 0.3 is 23.9 Å². The number of piperidine rings is 4. The monoisotopic (exact) mass is 1750 g/mol. The maximum Gasteiger partial charge on any atom is 0.323 e. The molecular formula is C96H152N8O16. The number of aryl methyl sites for hydroxylation is 2. The molecule has 0 bridgehead atoms. The number of benzene rings is 4. The van der Waals surface area contributed by atoms with Crippen LogP contribution in [0.3, 0.4) is 0 Å². The number of nitrogens with two attached hydrogens (primary N) is 4. The van der Waals surface area contributed by atoms with Crippen LogP contribution < -0.4 is 60.8 Å². The number of nitrogens with zero attached hydrogens (tertiary/aromatic N) is 4. The second kappa shape index (κ2) is 43.9. The zero-order chi connectivity index (χ0) is 152. The Hall–Kier alpha value is -7.16. The lowest BCUT2D eigenvalue weighted by molar-refractivity contribution is -0.161. The SMILES string of the molecule is [2H]C([2H])([2H])Oc1cc2c(cc1OC)C1N(C([2H])([2H])C2([2H])[2H])C([2H])([2H])C([2H])(CC(C)C)C(OC(=O)[C@@]([2H])(N)C([2H])(C([2H])([2H])[2H])C([2H])([2H])[2H])C1([2H])[2H].[2H]C1([2H])C2c3cc(OC)c(OC)cc3C([2H])([2H])C([2H])([2H])N2C([2H])([2H])C([2H])(CC(C)C)C1OC(=O)[C@@]([2H])(N)C([2H])(C([2H])([2H])[2H])C([2H])([2H])[2H].[2H]c1c(OC)c(OC([2H])([2H])[2H])cc2c1C1([2H])N(CC2)C([2H])([2H])C([2H])(CC(C)C)C([2H])(OC(=O)[C@@]([2H])(N)C([2H])(C([2H])([2H])[2H])C([2H])([2H])[2H])C1([2H])[2H].[2H]c1c2c(c([2H])c(OC)c1OC)C1([2H])N(CC2)C([2H])([2H])C([2H])(CC(C)C)C([2H])(OC(=O)[C@@]([2H])(N)C([2H])(C([2H])([2H])[2H])C([2H])([2H])[2H])C1([2H])[2H]. The molecule has 0 amide bonds. The van der Waals surface area contributed by atoms with E-state index in [9.17, 15) is 43.9 Å². The third-order valence-electron chi connectivity index (χ3n) is 18.4. The lowest BCUT2D eigenvalue weighted by atomic mass is 9.79. The predicted molar refractivity (Wildman–Crippen MR) is 471 cm³/mol. The molecule has 0 aromatic heterocycles. The van der Waals surface area contributed by atoms with Gasteiger partial charge < -0.3 is 79.8 Å². The fraction of sp³-hybridized carbons (Fsp3) is 0.708. The van der Waals surface area contributed by atoms with E-state index in [2.05, 4.69) is 0 Å². The summed E-state index contributed by atoms with van der Waals surface area (Å²) in [5.74, 6) is -44.7. The first-order valence-electron chi connectivity index (χ1n) is 73.7. The van der Waals surface area contributed by atoms with Crippen molar-refractivity contribution in [3.05, 3.63) is 93.0 Å². The standard InChI is InChI=1S/4C24H38N2O4/c4*1-14(2)9-17-13-26-8-7-16-10-21(28-5)22(29-6)11-18(16)19(26)12-20(17)30-24(27)23(25)15(3)4/h4*10-11,14-15,17,19-20,23H,7-9,12-13,25H2,1-6H3/t4*17?,19?,20?,23-/m0000/s1/i3D3,4D3,10D,11D,12D2,13D2,15D,17D,19D,20D,23D;3D3,4D3,5D3,11D,12D2,13D2,15D,17D,19D,20D,23D;3D3,4D3,5D3,7D2,8D2,12D2,13D2,15D,17D,23D;3D3,4D3,7D2,8D2,12D2,13D2,15D,17D,23D. The maximum absolute atomic E-state index is 13.8. The molecule has 8 N–H and O–H groups in total. The highest BCUT2D eigenvalue weighted by Gasteiger charge is 2.47. The van der Waals surface area contributed by atoms with Crippen LogP contribution in [0.4, 0.5) is 0 Å². The van der Waals surface area contributed by atoms with Crippen molar-refractivity contribution < 1.29 is 176 Å². The number of methoxy groups -OCH3 is 8. The molecule has 4 aromatic carbocycles. The van der Waals surface area contributed by atoms with E-state index in [0.29, 0.717) is 9.80 Å². The van der Waals surface area contributed by atoms with Crippen LogP contribution >= 0.6 is 0 Å². The van der Waals surface area contributed by atoms with E-state index in [1.165, 1.54) is 76.7 Å². The van der Waals surface area contributed by atoms with E-state index in [4.69, 9.17) is 155 Å². The number of rotatable bonds is 28. The molecule has 0 radical (unpaired) electrons. The van der Waals surface area contributed by atoms with Crippen molar-refractivity contribution >= 4 is 23.9 Å². The predicted octanol–water partition coefficient (Wildman–Crippen LogP) is 14.3. The number of carbonyl (C=O) groups is 4. The van der Waals surface area contributed by atoms with Gasteiger partial charge in [0.15, 0.2) is 46.0 Å². The van der Waals surface area contributed by atoms with Crippen LogP contribution in [-0.2, 0) is 63.7 Å². The molecule has 0 spiro atoms. The first kappa shape index (κ1) is 37.6.